The molecule has 0 spiro atoms. The van der Waals surface area contributed by atoms with Crippen molar-refractivity contribution in [3.8, 4) is 0 Å². The maximum Gasteiger partial charge on any atom is 0.305 e. The van der Waals surface area contributed by atoms with Gasteiger partial charge >= 0.3 is 11.9 Å². The highest BCUT2D eigenvalue weighted by atomic mass is 35.5. The number of hydrogen-bond donors (Lipinski definition) is 1. The van der Waals surface area contributed by atoms with Gasteiger partial charge in [0.05, 0.1) is 5.38 Å². The van der Waals surface area contributed by atoms with Crippen molar-refractivity contribution in [1.82, 2.24) is 0 Å². The van der Waals surface area contributed by atoms with E-state index in [1.165, 1.54) is 0 Å². The number of esters is 1. The fourth-order valence-electron chi connectivity index (χ4n) is 1.54. The van der Waals surface area contributed by atoms with Crippen LogP contribution >= 0.6 is 11.6 Å². The van der Waals surface area contributed by atoms with E-state index in [9.17, 15) is 9.59 Å². The van der Waals surface area contributed by atoms with Gasteiger partial charge in [-0.25, -0.2) is 0 Å². The lowest BCUT2D eigenvalue weighted by Crippen LogP contribution is -2.09. The van der Waals surface area contributed by atoms with Crippen LogP contribution in [0.2, 0.25) is 0 Å². The van der Waals surface area contributed by atoms with Gasteiger partial charge in [0.1, 0.15) is 6.61 Å². The molecule has 1 aromatic carbocycles. The maximum atomic E-state index is 11.4. The minimum absolute atomic E-state index is 0.0788. The SMILES string of the molecule is O=C(O)CCCCC(=O)OCC(Cl)c1ccccc1. The van der Waals surface area contributed by atoms with Crippen LogP contribution in [-0.4, -0.2) is 23.7 Å². The third-order valence-electron chi connectivity index (χ3n) is 2.57. The Bertz CT molecular complexity index is 405. The molecule has 19 heavy (non-hydrogen) atoms. The first-order valence-electron chi connectivity index (χ1n) is 6.16. The zero-order valence-corrected chi connectivity index (χ0v) is 11.3. The average Bonchev–Trinajstić information content (AvgIpc) is 2.41. The van der Waals surface area contributed by atoms with Crippen molar-refractivity contribution >= 4 is 23.5 Å². The minimum Gasteiger partial charge on any atom is -0.481 e. The predicted octanol–water partition coefficient (Wildman–Crippen LogP) is 3.15. The maximum absolute atomic E-state index is 11.4. The Hall–Kier alpha value is -1.55. The number of carboxylic acids is 1. The molecule has 0 bridgehead atoms. The Morgan fingerprint density at radius 2 is 1.79 bits per heavy atom. The van der Waals surface area contributed by atoms with Crippen LogP contribution in [0.15, 0.2) is 30.3 Å². The van der Waals surface area contributed by atoms with E-state index in [0.29, 0.717) is 12.8 Å². The number of rotatable bonds is 8. The summed E-state index contributed by atoms with van der Waals surface area (Å²) in [7, 11) is 0. The first-order chi connectivity index (χ1) is 9.09. The van der Waals surface area contributed by atoms with Crippen LogP contribution in [-0.2, 0) is 14.3 Å². The molecular weight excluding hydrogens is 268 g/mol. The Balaban J connectivity index is 2.18. The zero-order valence-electron chi connectivity index (χ0n) is 10.5. The van der Waals surface area contributed by atoms with E-state index in [4.69, 9.17) is 21.4 Å². The molecule has 0 saturated heterocycles. The first kappa shape index (κ1) is 15.5. The number of unbranched alkanes of at least 4 members (excludes halogenated alkanes) is 1. The van der Waals surface area contributed by atoms with Crippen LogP contribution in [0.25, 0.3) is 0 Å². The van der Waals surface area contributed by atoms with Gasteiger partial charge in [-0.3, -0.25) is 9.59 Å². The molecule has 0 radical (unpaired) electrons. The molecule has 0 fully saturated rings. The second-order valence-electron chi connectivity index (χ2n) is 4.16. The van der Waals surface area contributed by atoms with Gasteiger partial charge in [-0.15, -0.1) is 11.6 Å². The highest BCUT2D eigenvalue weighted by Crippen LogP contribution is 2.20. The van der Waals surface area contributed by atoms with E-state index in [1.54, 1.807) is 0 Å². The number of ether oxygens (including phenoxy) is 1. The number of benzene rings is 1. The highest BCUT2D eigenvalue weighted by molar-refractivity contribution is 6.21. The summed E-state index contributed by atoms with van der Waals surface area (Å²) in [6.45, 7) is 0.128. The number of hydrogen-bond acceptors (Lipinski definition) is 3. The number of alkyl halides is 1. The van der Waals surface area contributed by atoms with Crippen LogP contribution in [0.1, 0.15) is 36.6 Å². The summed E-state index contributed by atoms with van der Waals surface area (Å²) < 4.78 is 5.05. The fraction of sp³-hybridized carbons (Fsp3) is 0.429. The number of carboxylic acid groups (broad SMARTS) is 1. The third kappa shape index (κ3) is 6.82. The molecular formula is C14H17ClO4. The van der Waals surface area contributed by atoms with Gasteiger partial charge in [0.2, 0.25) is 0 Å². The third-order valence-corrected chi connectivity index (χ3v) is 2.95. The number of aliphatic carboxylic acids is 1. The van der Waals surface area contributed by atoms with Crippen molar-refractivity contribution in [2.75, 3.05) is 6.61 Å². The summed E-state index contributed by atoms with van der Waals surface area (Å²) >= 11 is 6.10. The van der Waals surface area contributed by atoms with Crippen molar-refractivity contribution in [1.29, 1.82) is 0 Å². The normalized spacial score (nSPS) is 11.8. The Morgan fingerprint density at radius 3 is 2.42 bits per heavy atom. The number of carbonyl (C=O) groups is 2. The van der Waals surface area contributed by atoms with E-state index in [-0.39, 0.29) is 30.8 Å². The molecule has 0 aliphatic carbocycles. The van der Waals surface area contributed by atoms with E-state index < -0.39 is 5.97 Å². The summed E-state index contributed by atoms with van der Waals surface area (Å²) in [5.74, 6) is -1.19. The van der Waals surface area contributed by atoms with E-state index >= 15 is 0 Å². The van der Waals surface area contributed by atoms with E-state index in [1.807, 2.05) is 30.3 Å². The lowest BCUT2D eigenvalue weighted by atomic mass is 10.1. The molecule has 0 saturated carbocycles. The summed E-state index contributed by atoms with van der Waals surface area (Å²) in [6, 6.07) is 9.38. The van der Waals surface area contributed by atoms with Crippen LogP contribution in [0.3, 0.4) is 0 Å². The van der Waals surface area contributed by atoms with Gasteiger partial charge in [-0.2, -0.15) is 0 Å². The Labute approximate surface area is 117 Å². The fourth-order valence-corrected chi connectivity index (χ4v) is 1.75. The van der Waals surface area contributed by atoms with Crippen molar-refractivity contribution in [2.24, 2.45) is 0 Å². The number of halogens is 1. The highest BCUT2D eigenvalue weighted by Gasteiger charge is 2.11. The second kappa shape index (κ2) is 8.53. The molecule has 1 atom stereocenters. The van der Waals surface area contributed by atoms with Gasteiger partial charge in [0, 0.05) is 12.8 Å². The summed E-state index contributed by atoms with van der Waals surface area (Å²) in [5.41, 5.74) is 0.905. The summed E-state index contributed by atoms with van der Waals surface area (Å²) in [4.78, 5) is 21.7. The monoisotopic (exact) mass is 284 g/mol. The van der Waals surface area contributed by atoms with Gasteiger partial charge in [-0.05, 0) is 18.4 Å². The largest absolute Gasteiger partial charge is 0.481 e. The lowest BCUT2D eigenvalue weighted by Gasteiger charge is -2.10. The molecule has 1 N–H and O–H groups in total. The van der Waals surface area contributed by atoms with Crippen LogP contribution in [0, 0.1) is 0 Å². The zero-order chi connectivity index (χ0) is 14.1. The van der Waals surface area contributed by atoms with Crippen molar-refractivity contribution in [3.63, 3.8) is 0 Å². The molecule has 4 nitrogen and oxygen atoms in total. The van der Waals surface area contributed by atoms with Crippen LogP contribution in [0.5, 0.6) is 0 Å². The second-order valence-corrected chi connectivity index (χ2v) is 4.69. The predicted molar refractivity (Wildman–Crippen MR) is 72.1 cm³/mol. The average molecular weight is 285 g/mol. The molecule has 0 amide bonds. The van der Waals surface area contributed by atoms with Gasteiger partial charge in [0.15, 0.2) is 0 Å². The lowest BCUT2D eigenvalue weighted by molar-refractivity contribution is -0.144. The van der Waals surface area contributed by atoms with Crippen LogP contribution in [0.4, 0.5) is 0 Å². The molecule has 104 valence electrons. The first-order valence-corrected chi connectivity index (χ1v) is 6.59. The molecule has 0 aliphatic heterocycles. The smallest absolute Gasteiger partial charge is 0.305 e. The van der Waals surface area contributed by atoms with E-state index in [0.717, 1.165) is 5.56 Å². The Morgan fingerprint density at radius 1 is 1.16 bits per heavy atom. The molecule has 1 unspecified atom stereocenters. The summed E-state index contributed by atoms with van der Waals surface area (Å²) in [6.07, 6.45) is 1.30. The molecule has 0 aromatic heterocycles. The molecule has 1 aromatic rings. The van der Waals surface area contributed by atoms with Gasteiger partial charge in [0.25, 0.3) is 0 Å². The standard InChI is InChI=1S/C14H17ClO4/c15-12(11-6-2-1-3-7-11)10-19-14(18)9-5-4-8-13(16)17/h1-3,6-7,12H,4-5,8-10H2,(H,16,17). The number of carbonyl (C=O) groups excluding carboxylic acids is 1. The molecule has 1 rings (SSSR count). The van der Waals surface area contributed by atoms with Gasteiger partial charge in [-0.1, -0.05) is 30.3 Å². The topological polar surface area (TPSA) is 63.6 Å². The molecule has 0 aliphatic rings. The quantitative estimate of drug-likeness (QED) is 0.452. The Kier molecular flexibility index (Phi) is 6.97. The van der Waals surface area contributed by atoms with Crippen molar-refractivity contribution in [3.05, 3.63) is 35.9 Å². The minimum atomic E-state index is -0.849. The van der Waals surface area contributed by atoms with Crippen molar-refractivity contribution < 1.29 is 19.4 Å². The summed E-state index contributed by atoms with van der Waals surface area (Å²) in [5, 5.41) is 8.09. The van der Waals surface area contributed by atoms with Crippen LogP contribution < -0.4 is 0 Å². The molecule has 0 heterocycles. The van der Waals surface area contributed by atoms with Gasteiger partial charge < -0.3 is 9.84 Å². The molecule has 5 heteroatoms. The van der Waals surface area contributed by atoms with E-state index in [2.05, 4.69) is 0 Å². The van der Waals surface area contributed by atoms with Crippen molar-refractivity contribution in [2.45, 2.75) is 31.1 Å².